The lowest BCUT2D eigenvalue weighted by Crippen LogP contribution is -2.17. The zero-order valence-electron chi connectivity index (χ0n) is 11.5. The van der Waals surface area contributed by atoms with E-state index in [1.54, 1.807) is 6.07 Å². The Balaban J connectivity index is 2.33. The van der Waals surface area contributed by atoms with Crippen LogP contribution in [0.4, 0.5) is 17.3 Å². The zero-order valence-corrected chi connectivity index (χ0v) is 13.9. The SMILES string of the molecule is CC(C)(C)c1nc(N)cc(Nc2ccc(Br)c(Cl)c2)n1. The van der Waals surface area contributed by atoms with Crippen LogP contribution in [-0.4, -0.2) is 9.97 Å². The van der Waals surface area contributed by atoms with Crippen molar-refractivity contribution in [3.8, 4) is 0 Å². The van der Waals surface area contributed by atoms with Crippen LogP contribution in [0.15, 0.2) is 28.7 Å². The maximum atomic E-state index is 6.07. The minimum atomic E-state index is -0.164. The highest BCUT2D eigenvalue weighted by molar-refractivity contribution is 9.10. The molecular formula is C14H16BrClN4. The quantitative estimate of drug-likeness (QED) is 0.831. The van der Waals surface area contributed by atoms with E-state index in [2.05, 4.69) is 31.2 Å². The number of nitrogens with one attached hydrogen (secondary N) is 1. The van der Waals surface area contributed by atoms with Gasteiger partial charge in [-0.1, -0.05) is 32.4 Å². The van der Waals surface area contributed by atoms with Gasteiger partial charge in [-0.2, -0.15) is 0 Å². The molecule has 0 aliphatic rings. The van der Waals surface area contributed by atoms with E-state index in [1.807, 2.05) is 39.0 Å². The summed E-state index contributed by atoms with van der Waals surface area (Å²) in [5, 5.41) is 3.82. The molecule has 0 spiro atoms. The van der Waals surface area contributed by atoms with Gasteiger partial charge < -0.3 is 11.1 Å². The molecule has 0 bridgehead atoms. The largest absolute Gasteiger partial charge is 0.384 e. The van der Waals surface area contributed by atoms with Crippen LogP contribution in [0.25, 0.3) is 0 Å². The van der Waals surface area contributed by atoms with Crippen LogP contribution in [0.1, 0.15) is 26.6 Å². The second-order valence-electron chi connectivity index (χ2n) is 5.51. The molecule has 0 aliphatic carbocycles. The maximum absolute atomic E-state index is 6.07. The topological polar surface area (TPSA) is 63.8 Å². The van der Waals surface area contributed by atoms with Gasteiger partial charge >= 0.3 is 0 Å². The molecule has 0 atom stereocenters. The summed E-state index contributed by atoms with van der Waals surface area (Å²) in [5.74, 6) is 1.79. The van der Waals surface area contributed by atoms with Gasteiger partial charge in [0.15, 0.2) is 0 Å². The second kappa shape index (κ2) is 5.58. The van der Waals surface area contributed by atoms with Crippen LogP contribution in [0.3, 0.4) is 0 Å². The van der Waals surface area contributed by atoms with Gasteiger partial charge in [0.2, 0.25) is 0 Å². The first-order chi connectivity index (χ1) is 9.25. The van der Waals surface area contributed by atoms with Crippen LogP contribution in [0.2, 0.25) is 5.02 Å². The lowest BCUT2D eigenvalue weighted by atomic mass is 9.96. The van der Waals surface area contributed by atoms with Gasteiger partial charge in [0.25, 0.3) is 0 Å². The Hall–Kier alpha value is -1.33. The molecule has 4 nitrogen and oxygen atoms in total. The number of aromatic nitrogens is 2. The third kappa shape index (κ3) is 3.61. The number of benzene rings is 1. The van der Waals surface area contributed by atoms with Crippen molar-refractivity contribution in [1.29, 1.82) is 0 Å². The molecule has 1 heterocycles. The summed E-state index contributed by atoms with van der Waals surface area (Å²) in [6.45, 7) is 6.13. The van der Waals surface area contributed by atoms with Gasteiger partial charge in [-0.15, -0.1) is 0 Å². The van der Waals surface area contributed by atoms with Gasteiger partial charge in [-0.25, -0.2) is 9.97 Å². The molecule has 20 heavy (non-hydrogen) atoms. The van der Waals surface area contributed by atoms with Gasteiger partial charge in [0.1, 0.15) is 17.5 Å². The summed E-state index contributed by atoms with van der Waals surface area (Å²) >= 11 is 9.43. The number of nitrogens with two attached hydrogens (primary N) is 1. The number of rotatable bonds is 2. The fraction of sp³-hybridized carbons (Fsp3) is 0.286. The van der Waals surface area contributed by atoms with Crippen molar-refractivity contribution in [2.45, 2.75) is 26.2 Å². The predicted octanol–water partition coefficient (Wildman–Crippen LogP) is 4.52. The molecule has 2 rings (SSSR count). The molecule has 106 valence electrons. The van der Waals surface area contributed by atoms with Crippen LogP contribution >= 0.6 is 27.5 Å². The summed E-state index contributed by atoms with van der Waals surface area (Å²) in [5.41, 5.74) is 6.52. The fourth-order valence-electron chi connectivity index (χ4n) is 1.59. The average molecular weight is 356 g/mol. The second-order valence-corrected chi connectivity index (χ2v) is 6.77. The molecule has 0 saturated carbocycles. The van der Waals surface area contributed by atoms with Crippen LogP contribution in [-0.2, 0) is 5.41 Å². The fourth-order valence-corrected chi connectivity index (χ4v) is 2.01. The molecule has 0 aliphatic heterocycles. The van der Waals surface area contributed by atoms with E-state index in [-0.39, 0.29) is 5.41 Å². The maximum Gasteiger partial charge on any atom is 0.138 e. The van der Waals surface area contributed by atoms with Crippen LogP contribution in [0, 0.1) is 0 Å². The van der Waals surface area contributed by atoms with E-state index in [0.717, 1.165) is 10.2 Å². The monoisotopic (exact) mass is 354 g/mol. The Kier molecular flexibility index (Phi) is 4.20. The van der Waals surface area contributed by atoms with Crippen molar-refractivity contribution in [1.82, 2.24) is 9.97 Å². The highest BCUT2D eigenvalue weighted by Crippen LogP contribution is 2.28. The normalized spacial score (nSPS) is 11.4. The number of nitrogen functional groups attached to an aromatic ring is 1. The molecule has 1 aromatic carbocycles. The van der Waals surface area contributed by atoms with Crippen molar-refractivity contribution in [2.24, 2.45) is 0 Å². The zero-order chi connectivity index (χ0) is 14.9. The van der Waals surface area contributed by atoms with Gasteiger partial charge in [-0.3, -0.25) is 0 Å². The smallest absolute Gasteiger partial charge is 0.138 e. The molecule has 2 aromatic rings. The Morgan fingerprint density at radius 3 is 2.50 bits per heavy atom. The molecule has 0 saturated heterocycles. The van der Waals surface area contributed by atoms with Gasteiger partial charge in [0, 0.05) is 21.6 Å². The standard InChI is InChI=1S/C14H16BrClN4/c1-14(2,3)13-19-11(17)7-12(20-13)18-8-4-5-9(15)10(16)6-8/h4-7H,1-3H3,(H3,17,18,19,20). The summed E-state index contributed by atoms with van der Waals surface area (Å²) in [7, 11) is 0. The Bertz CT molecular complexity index is 638. The highest BCUT2D eigenvalue weighted by atomic mass is 79.9. The van der Waals surface area contributed by atoms with Crippen molar-refractivity contribution >= 4 is 44.9 Å². The van der Waals surface area contributed by atoms with E-state index < -0.39 is 0 Å². The minimum Gasteiger partial charge on any atom is -0.384 e. The molecule has 3 N–H and O–H groups in total. The molecule has 0 unspecified atom stereocenters. The van der Waals surface area contributed by atoms with E-state index in [9.17, 15) is 0 Å². The predicted molar refractivity (Wildman–Crippen MR) is 87.6 cm³/mol. The highest BCUT2D eigenvalue weighted by Gasteiger charge is 2.18. The summed E-state index contributed by atoms with van der Waals surface area (Å²) in [6, 6.07) is 7.30. The number of hydrogen-bond acceptors (Lipinski definition) is 4. The molecule has 1 aromatic heterocycles. The van der Waals surface area contributed by atoms with Crippen molar-refractivity contribution in [3.63, 3.8) is 0 Å². The van der Waals surface area contributed by atoms with Crippen molar-refractivity contribution in [3.05, 3.63) is 39.6 Å². The van der Waals surface area contributed by atoms with Crippen LogP contribution < -0.4 is 11.1 Å². The third-order valence-corrected chi connectivity index (χ3v) is 3.84. The van der Waals surface area contributed by atoms with E-state index in [1.165, 1.54) is 0 Å². The molecule has 6 heteroatoms. The number of anilines is 3. The van der Waals surface area contributed by atoms with Crippen molar-refractivity contribution < 1.29 is 0 Å². The summed E-state index contributed by atoms with van der Waals surface area (Å²) in [6.07, 6.45) is 0. The first-order valence-electron chi connectivity index (χ1n) is 6.13. The first-order valence-corrected chi connectivity index (χ1v) is 7.30. The average Bonchev–Trinajstić information content (AvgIpc) is 2.32. The summed E-state index contributed by atoms with van der Waals surface area (Å²) in [4.78, 5) is 8.77. The number of nitrogens with zero attached hydrogens (tertiary/aromatic N) is 2. The molecule has 0 radical (unpaired) electrons. The molecule has 0 fully saturated rings. The molecule has 0 amide bonds. The Morgan fingerprint density at radius 1 is 1.20 bits per heavy atom. The summed E-state index contributed by atoms with van der Waals surface area (Å²) < 4.78 is 0.849. The number of hydrogen-bond donors (Lipinski definition) is 2. The lowest BCUT2D eigenvalue weighted by molar-refractivity contribution is 0.547. The van der Waals surface area contributed by atoms with Crippen LogP contribution in [0.5, 0.6) is 0 Å². The van der Waals surface area contributed by atoms with Gasteiger partial charge in [-0.05, 0) is 34.1 Å². The van der Waals surface area contributed by atoms with Gasteiger partial charge in [0.05, 0.1) is 5.02 Å². The Labute approximate surface area is 131 Å². The van der Waals surface area contributed by atoms with Crippen molar-refractivity contribution in [2.75, 3.05) is 11.1 Å². The minimum absolute atomic E-state index is 0.164. The van der Waals surface area contributed by atoms with E-state index in [0.29, 0.717) is 22.5 Å². The van der Waals surface area contributed by atoms with E-state index in [4.69, 9.17) is 17.3 Å². The lowest BCUT2D eigenvalue weighted by Gasteiger charge is -2.18. The Morgan fingerprint density at radius 2 is 1.90 bits per heavy atom. The van der Waals surface area contributed by atoms with E-state index >= 15 is 0 Å². The first kappa shape index (κ1) is 15.1. The third-order valence-electron chi connectivity index (χ3n) is 2.61. The number of halogens is 2. The molecular weight excluding hydrogens is 340 g/mol.